The zero-order valence-electron chi connectivity index (χ0n) is 15.2. The van der Waals surface area contributed by atoms with Crippen molar-refractivity contribution in [2.45, 2.75) is 23.4 Å². The third-order valence-corrected chi connectivity index (χ3v) is 5.57. The van der Waals surface area contributed by atoms with Crippen LogP contribution in [0.4, 0.5) is 0 Å². The van der Waals surface area contributed by atoms with Crippen molar-refractivity contribution >= 4 is 40.4 Å². The van der Waals surface area contributed by atoms with Crippen LogP contribution in [0.1, 0.15) is 5.56 Å². The maximum Gasteiger partial charge on any atom is 0.319 e. The molecule has 1 heterocycles. The summed E-state index contributed by atoms with van der Waals surface area (Å²) in [5, 5.41) is 0.978. The molecule has 0 aliphatic carbocycles. The van der Waals surface area contributed by atoms with Crippen molar-refractivity contribution in [3.8, 4) is 0 Å². The Labute approximate surface area is 167 Å². The van der Waals surface area contributed by atoms with Crippen LogP contribution in [0.25, 0.3) is 11.0 Å². The summed E-state index contributed by atoms with van der Waals surface area (Å²) in [6.45, 7) is 1.18. The summed E-state index contributed by atoms with van der Waals surface area (Å²) < 4.78 is 12.3. The number of hydrogen-bond acceptors (Lipinski definition) is 5. The fourth-order valence-electron chi connectivity index (χ4n) is 2.83. The highest BCUT2D eigenvalue weighted by molar-refractivity contribution is 8.00. The first-order chi connectivity index (χ1) is 13.1. The van der Waals surface area contributed by atoms with Crippen LogP contribution < -0.4 is 0 Å². The van der Waals surface area contributed by atoms with Crippen molar-refractivity contribution in [1.29, 1.82) is 0 Å². The van der Waals surface area contributed by atoms with E-state index in [1.54, 1.807) is 7.11 Å². The molecule has 0 N–H and O–H groups in total. The Morgan fingerprint density at radius 2 is 2.00 bits per heavy atom. The smallest absolute Gasteiger partial charge is 0.319 e. The summed E-state index contributed by atoms with van der Waals surface area (Å²) in [5.41, 5.74) is 2.83. The van der Waals surface area contributed by atoms with Crippen LogP contribution in [0.2, 0.25) is 5.02 Å². The number of benzene rings is 2. The molecular formula is C20H21ClN2O3S. The Morgan fingerprint density at radius 1 is 1.22 bits per heavy atom. The fourth-order valence-corrected chi connectivity index (χ4v) is 4.19. The molecular weight excluding hydrogens is 384 g/mol. The predicted molar refractivity (Wildman–Crippen MR) is 108 cm³/mol. The molecule has 0 aliphatic heterocycles. The minimum Gasteiger partial charge on any atom is -0.468 e. The van der Waals surface area contributed by atoms with E-state index in [1.807, 2.05) is 48.5 Å². The summed E-state index contributed by atoms with van der Waals surface area (Å²) >= 11 is 7.52. The summed E-state index contributed by atoms with van der Waals surface area (Å²) in [4.78, 5) is 17.1. The number of ether oxygens (including phenoxy) is 2. The molecule has 0 saturated heterocycles. The van der Waals surface area contributed by atoms with Gasteiger partial charge in [-0.25, -0.2) is 4.98 Å². The summed E-state index contributed by atoms with van der Waals surface area (Å²) in [5.74, 6) is -0.271. The van der Waals surface area contributed by atoms with Crippen molar-refractivity contribution in [2.75, 3.05) is 20.8 Å². The molecule has 142 valence electrons. The van der Waals surface area contributed by atoms with E-state index in [1.165, 1.54) is 18.9 Å². The van der Waals surface area contributed by atoms with Gasteiger partial charge in [-0.3, -0.25) is 4.79 Å². The quantitative estimate of drug-likeness (QED) is 0.415. The number of thioether (sulfide) groups is 1. The first-order valence-corrected chi connectivity index (χ1v) is 9.81. The second kappa shape index (κ2) is 9.26. The fraction of sp³-hybridized carbons (Fsp3) is 0.300. The Morgan fingerprint density at radius 3 is 2.70 bits per heavy atom. The molecule has 27 heavy (non-hydrogen) atoms. The second-order valence-electron chi connectivity index (χ2n) is 5.99. The van der Waals surface area contributed by atoms with E-state index >= 15 is 0 Å². The number of nitrogens with zero attached hydrogens (tertiary/aromatic N) is 2. The van der Waals surface area contributed by atoms with E-state index in [-0.39, 0.29) is 5.97 Å². The van der Waals surface area contributed by atoms with E-state index in [0.717, 1.165) is 21.8 Å². The highest BCUT2D eigenvalue weighted by atomic mass is 35.5. The minimum atomic E-state index is -0.397. The lowest BCUT2D eigenvalue weighted by Gasteiger charge is -2.15. The molecule has 0 saturated carbocycles. The van der Waals surface area contributed by atoms with E-state index in [0.29, 0.717) is 24.6 Å². The first kappa shape index (κ1) is 19.7. The van der Waals surface area contributed by atoms with Crippen molar-refractivity contribution in [1.82, 2.24) is 9.55 Å². The number of aromatic nitrogens is 2. The molecule has 0 aliphatic rings. The average molecular weight is 405 g/mol. The number of imidazole rings is 1. The predicted octanol–water partition coefficient (Wildman–Crippen LogP) is 4.21. The first-order valence-electron chi connectivity index (χ1n) is 8.55. The number of rotatable bonds is 8. The van der Waals surface area contributed by atoms with Crippen LogP contribution in [0.3, 0.4) is 0 Å². The van der Waals surface area contributed by atoms with Crippen LogP contribution in [-0.2, 0) is 27.2 Å². The van der Waals surface area contributed by atoms with Crippen LogP contribution in [-0.4, -0.2) is 41.6 Å². The monoisotopic (exact) mass is 404 g/mol. The molecule has 0 fully saturated rings. The highest BCUT2D eigenvalue weighted by Crippen LogP contribution is 2.30. The van der Waals surface area contributed by atoms with Gasteiger partial charge in [0.05, 0.1) is 24.8 Å². The largest absolute Gasteiger partial charge is 0.468 e. The molecule has 2 aromatic carbocycles. The number of methoxy groups -OCH3 is 2. The van der Waals surface area contributed by atoms with Gasteiger partial charge < -0.3 is 14.0 Å². The van der Waals surface area contributed by atoms with Crippen LogP contribution >= 0.6 is 23.4 Å². The zero-order valence-corrected chi connectivity index (χ0v) is 16.8. The maximum atomic E-state index is 12.4. The third-order valence-electron chi connectivity index (χ3n) is 4.17. The van der Waals surface area contributed by atoms with Crippen LogP contribution in [0.15, 0.2) is 53.7 Å². The summed E-state index contributed by atoms with van der Waals surface area (Å²) in [6, 6.07) is 15.5. The highest BCUT2D eigenvalue weighted by Gasteiger charge is 2.24. The number of hydrogen-bond donors (Lipinski definition) is 0. The Balaban J connectivity index is 1.94. The van der Waals surface area contributed by atoms with Gasteiger partial charge in [-0.05, 0) is 30.2 Å². The molecule has 0 spiro atoms. The molecule has 1 aromatic heterocycles. The molecule has 0 unspecified atom stereocenters. The van der Waals surface area contributed by atoms with E-state index in [2.05, 4.69) is 4.57 Å². The molecule has 3 aromatic rings. The van der Waals surface area contributed by atoms with Crippen molar-refractivity contribution in [3.63, 3.8) is 0 Å². The lowest BCUT2D eigenvalue weighted by molar-refractivity contribution is -0.139. The molecule has 1 atom stereocenters. The molecule has 3 rings (SSSR count). The molecule has 0 radical (unpaired) electrons. The van der Waals surface area contributed by atoms with Gasteiger partial charge in [0.15, 0.2) is 5.16 Å². The number of esters is 1. The summed E-state index contributed by atoms with van der Waals surface area (Å²) in [6.07, 6.45) is 0.562. The van der Waals surface area contributed by atoms with Crippen LogP contribution in [0.5, 0.6) is 0 Å². The second-order valence-corrected chi connectivity index (χ2v) is 7.60. The number of fused-ring (bicyclic) bond motifs is 1. The third kappa shape index (κ3) is 4.83. The van der Waals surface area contributed by atoms with E-state index in [9.17, 15) is 4.79 Å². The van der Waals surface area contributed by atoms with Gasteiger partial charge in [-0.15, -0.1) is 0 Å². The van der Waals surface area contributed by atoms with Crippen molar-refractivity contribution in [2.24, 2.45) is 0 Å². The van der Waals surface area contributed by atoms with Gasteiger partial charge in [0.1, 0.15) is 5.25 Å². The molecule has 5 nitrogen and oxygen atoms in total. The Bertz CT molecular complexity index is 914. The molecule has 0 amide bonds. The number of carbonyl (C=O) groups is 1. The van der Waals surface area contributed by atoms with Crippen molar-refractivity contribution in [3.05, 3.63) is 59.1 Å². The van der Waals surface area contributed by atoms with E-state index < -0.39 is 5.25 Å². The minimum absolute atomic E-state index is 0.271. The topological polar surface area (TPSA) is 53.4 Å². The van der Waals surface area contributed by atoms with Gasteiger partial charge in [-0.2, -0.15) is 0 Å². The average Bonchev–Trinajstić information content (AvgIpc) is 3.02. The molecule has 7 heteroatoms. The normalized spacial score (nSPS) is 12.3. The van der Waals surface area contributed by atoms with Gasteiger partial charge >= 0.3 is 5.97 Å². The molecule has 0 bridgehead atoms. The number of halogens is 1. The Kier molecular flexibility index (Phi) is 6.77. The standard InChI is InChI=1S/C20H21ClN2O3S/c1-25-11-10-23-17-9-8-15(21)13-16(17)22-20(23)27-18(19(24)26-2)12-14-6-4-3-5-7-14/h3-9,13,18H,10-12H2,1-2H3/t18-/m0/s1. The SMILES string of the molecule is COCCn1c(S[C@@H](Cc2ccccc2)C(=O)OC)nc2cc(Cl)ccc21. The zero-order chi connectivity index (χ0) is 19.2. The van der Waals surface area contributed by atoms with Gasteiger partial charge in [-0.1, -0.05) is 53.7 Å². The van der Waals surface area contributed by atoms with Crippen LogP contribution in [0, 0.1) is 0 Å². The lowest BCUT2D eigenvalue weighted by Crippen LogP contribution is -2.22. The maximum absolute atomic E-state index is 12.4. The number of carbonyl (C=O) groups excluding carboxylic acids is 1. The van der Waals surface area contributed by atoms with Crippen molar-refractivity contribution < 1.29 is 14.3 Å². The van der Waals surface area contributed by atoms with E-state index in [4.69, 9.17) is 26.1 Å². The van der Waals surface area contributed by atoms with Gasteiger partial charge in [0.25, 0.3) is 0 Å². The lowest BCUT2D eigenvalue weighted by atomic mass is 10.1. The van der Waals surface area contributed by atoms with Gasteiger partial charge in [0.2, 0.25) is 0 Å². The summed E-state index contributed by atoms with van der Waals surface area (Å²) in [7, 11) is 3.07. The van der Waals surface area contributed by atoms with Gasteiger partial charge in [0, 0.05) is 18.7 Å². The Hall–Kier alpha value is -2.02.